The van der Waals surface area contributed by atoms with Gasteiger partial charge in [-0.05, 0) is 36.8 Å². The van der Waals surface area contributed by atoms with Crippen molar-refractivity contribution in [3.8, 4) is 0 Å². The van der Waals surface area contributed by atoms with Gasteiger partial charge in [-0.2, -0.15) is 0 Å². The molecule has 0 aromatic heterocycles. The summed E-state index contributed by atoms with van der Waals surface area (Å²) >= 11 is 1.96. The van der Waals surface area contributed by atoms with Crippen LogP contribution in [0.1, 0.15) is 62.2 Å². The second kappa shape index (κ2) is 24.7. The first kappa shape index (κ1) is 41.4. The summed E-state index contributed by atoms with van der Waals surface area (Å²) in [6.07, 6.45) is 3.59. The average Bonchev–Trinajstić information content (AvgIpc) is 3.20. The van der Waals surface area contributed by atoms with E-state index in [0.717, 1.165) is 85.0 Å². The highest BCUT2D eigenvalue weighted by Gasteiger charge is 2.44. The van der Waals surface area contributed by atoms with E-state index in [1.54, 1.807) is 11.9 Å². The van der Waals surface area contributed by atoms with E-state index in [9.17, 15) is 14.4 Å². The highest BCUT2D eigenvalue weighted by atomic mass is 127. The standard InChI is InChI=1S/C14H25N3O3.C14H28N2O2.CH3I.CH4.ClH/c1-4-11(2)12-13(18)17(14(19)15(12)3)6-5-16-7-9-20-10-8-16;1-4-12(2)14(15-3)13(17)6-5-7-16-8-10-18-11-9-16;1-2;;/h11-12H,4-10H2,1-3H3;12,14-15H,4-11H2,1-3H3;1H3;1H4;1H/t11-,12?;12-,14-;;;/m00.../s1/i;;1D;;. The van der Waals surface area contributed by atoms with Gasteiger partial charge in [0.1, 0.15) is 11.8 Å². The predicted molar refractivity (Wildman–Crippen MR) is 183 cm³/mol. The van der Waals surface area contributed by atoms with Gasteiger partial charge in [0, 0.05) is 54.1 Å². The summed E-state index contributed by atoms with van der Waals surface area (Å²) in [6.45, 7) is 17.5. The minimum atomic E-state index is -0.294. The number of likely N-dealkylation sites (N-methyl/N-ethyl adjacent to an activating group) is 2. The van der Waals surface area contributed by atoms with Crippen molar-refractivity contribution in [2.75, 3.05) is 91.2 Å². The van der Waals surface area contributed by atoms with Gasteiger partial charge in [-0.1, -0.05) is 70.6 Å². The second-order valence-electron chi connectivity index (χ2n) is 10.8. The van der Waals surface area contributed by atoms with Crippen LogP contribution in [0.25, 0.3) is 0 Å². The molecule has 1 N–H and O–H groups in total. The third-order valence-corrected chi connectivity index (χ3v) is 8.27. The first-order valence-corrected chi connectivity index (χ1v) is 16.4. The predicted octanol–water partition coefficient (Wildman–Crippen LogP) is 4.04. The number of hydrogen-bond acceptors (Lipinski definition) is 8. The quantitative estimate of drug-likeness (QED) is 0.172. The number of Topliss-reactive ketones (excluding diaryl/α,β-unsaturated/α-hetero) is 1. The summed E-state index contributed by atoms with van der Waals surface area (Å²) < 4.78 is 16.8. The largest absolute Gasteiger partial charge is 0.379 e. The third-order valence-electron chi connectivity index (χ3n) is 8.27. The molecule has 1 unspecified atom stereocenters. The Bertz CT molecular complexity index is 762. The number of alkyl halides is 1. The van der Waals surface area contributed by atoms with Crippen LogP contribution in [0.2, 0.25) is 0 Å². The summed E-state index contributed by atoms with van der Waals surface area (Å²) in [5.74, 6) is 0.941. The van der Waals surface area contributed by atoms with E-state index in [1.165, 1.54) is 4.90 Å². The molecule has 3 amide bonds. The van der Waals surface area contributed by atoms with Crippen LogP contribution in [0, 0.1) is 11.8 Å². The lowest BCUT2D eigenvalue weighted by molar-refractivity contribution is -0.129. The van der Waals surface area contributed by atoms with Gasteiger partial charge in [0.25, 0.3) is 5.91 Å². The van der Waals surface area contributed by atoms with Crippen molar-refractivity contribution in [1.82, 2.24) is 24.9 Å². The average molecular weight is 735 g/mol. The van der Waals surface area contributed by atoms with Gasteiger partial charge in [-0.25, -0.2) is 4.79 Å². The van der Waals surface area contributed by atoms with Crippen molar-refractivity contribution in [3.05, 3.63) is 0 Å². The normalized spacial score (nSPS) is 21.9. The van der Waals surface area contributed by atoms with Crippen LogP contribution < -0.4 is 5.32 Å². The van der Waals surface area contributed by atoms with Crippen LogP contribution in [-0.4, -0.2) is 141 Å². The maximum atomic E-state index is 12.4. The molecule has 10 nitrogen and oxygen atoms in total. The molecule has 0 aromatic carbocycles. The number of carbonyl (C=O) groups is 3. The van der Waals surface area contributed by atoms with Crippen molar-refractivity contribution in [2.45, 2.75) is 72.9 Å². The Morgan fingerprint density at radius 2 is 1.50 bits per heavy atom. The van der Waals surface area contributed by atoms with E-state index in [4.69, 9.17) is 10.8 Å². The van der Waals surface area contributed by atoms with Gasteiger partial charge in [0.05, 0.1) is 32.5 Å². The molecular formula is C30H61ClIN5O5. The molecule has 3 aliphatic rings. The molecule has 12 heteroatoms. The number of urea groups is 1. The number of carbonyl (C=O) groups excluding carboxylic acids is 3. The van der Waals surface area contributed by atoms with E-state index in [0.29, 0.717) is 29.6 Å². The number of rotatable bonds is 13. The molecule has 0 aliphatic carbocycles. The molecule has 3 fully saturated rings. The van der Waals surface area contributed by atoms with Gasteiger partial charge in [0.15, 0.2) is 0 Å². The van der Waals surface area contributed by atoms with Crippen molar-refractivity contribution < 1.29 is 25.2 Å². The number of halogens is 2. The molecule has 42 heavy (non-hydrogen) atoms. The minimum absolute atomic E-state index is 0. The molecule has 0 aromatic rings. The zero-order valence-corrected chi connectivity index (χ0v) is 29.2. The van der Waals surface area contributed by atoms with E-state index in [1.807, 2.05) is 43.5 Å². The number of amides is 3. The summed E-state index contributed by atoms with van der Waals surface area (Å²) in [6, 6.07) is -0.426. The first-order chi connectivity index (χ1) is 19.7. The molecule has 3 saturated heterocycles. The fraction of sp³-hybridized carbons (Fsp3) is 0.900. The fourth-order valence-electron chi connectivity index (χ4n) is 5.31. The Balaban J connectivity index is 0. The third kappa shape index (κ3) is 14.0. The zero-order valence-electron chi connectivity index (χ0n) is 27.2. The van der Waals surface area contributed by atoms with E-state index in [2.05, 4.69) is 29.0 Å². The first-order valence-electron chi connectivity index (χ1n) is 15.6. The number of nitrogens with zero attached hydrogens (tertiary/aromatic N) is 4. The molecule has 3 heterocycles. The lowest BCUT2D eigenvalue weighted by atomic mass is 9.93. The molecule has 4 atom stereocenters. The highest BCUT2D eigenvalue weighted by Crippen LogP contribution is 2.23. The number of hydrogen-bond donors (Lipinski definition) is 1. The monoisotopic (exact) mass is 734 g/mol. The molecule has 0 bridgehead atoms. The van der Waals surface area contributed by atoms with Crippen molar-refractivity contribution in [2.24, 2.45) is 11.8 Å². The van der Waals surface area contributed by atoms with Gasteiger partial charge in [-0.3, -0.25) is 24.3 Å². The molecule has 3 aliphatic heterocycles. The summed E-state index contributed by atoms with van der Waals surface area (Å²) in [4.78, 5) is 44.8. The number of morpholine rings is 2. The van der Waals surface area contributed by atoms with E-state index in [-0.39, 0.29) is 49.8 Å². The smallest absolute Gasteiger partial charge is 0.327 e. The fourth-order valence-corrected chi connectivity index (χ4v) is 5.31. The van der Waals surface area contributed by atoms with Gasteiger partial charge >= 0.3 is 6.03 Å². The Morgan fingerprint density at radius 3 is 1.95 bits per heavy atom. The van der Waals surface area contributed by atoms with Crippen molar-refractivity contribution in [1.29, 1.82) is 0 Å². The SMILES string of the molecule is C.CC[C@H](C)C1C(=O)N(CCN2CCOCC2)C(=O)N1C.CC[C@H](C)[C@H](NC)C(=O)CCCN1CCOCC1.Cl.[2H]CI. The van der Waals surface area contributed by atoms with Crippen molar-refractivity contribution >= 4 is 52.7 Å². The van der Waals surface area contributed by atoms with Crippen LogP contribution in [0.5, 0.6) is 0 Å². The lowest BCUT2D eigenvalue weighted by Gasteiger charge is -2.27. The maximum Gasteiger partial charge on any atom is 0.327 e. The minimum Gasteiger partial charge on any atom is -0.379 e. The Labute approximate surface area is 277 Å². The number of nitrogens with one attached hydrogen (secondary N) is 1. The van der Waals surface area contributed by atoms with Crippen LogP contribution in [0.4, 0.5) is 4.79 Å². The Morgan fingerprint density at radius 1 is 1.00 bits per heavy atom. The summed E-state index contributed by atoms with van der Waals surface area (Å²) in [7, 11) is 3.61. The second-order valence-corrected chi connectivity index (χ2v) is 10.8. The van der Waals surface area contributed by atoms with Gasteiger partial charge < -0.3 is 19.7 Å². The van der Waals surface area contributed by atoms with E-state index < -0.39 is 0 Å². The maximum absolute atomic E-state index is 12.4. The van der Waals surface area contributed by atoms with Crippen LogP contribution in [0.3, 0.4) is 0 Å². The topological polar surface area (TPSA) is 94.7 Å². The summed E-state index contributed by atoms with van der Waals surface area (Å²) in [5.41, 5.74) is 0. The molecular weight excluding hydrogens is 673 g/mol. The van der Waals surface area contributed by atoms with Gasteiger partial charge in [0.2, 0.25) is 0 Å². The zero-order chi connectivity index (χ0) is 30.8. The molecule has 0 spiro atoms. The van der Waals surface area contributed by atoms with Crippen LogP contribution in [-0.2, 0) is 19.1 Å². The Hall–Kier alpha value is -0.570. The number of imide groups is 1. The van der Waals surface area contributed by atoms with Crippen LogP contribution in [0.15, 0.2) is 0 Å². The number of ketones is 1. The summed E-state index contributed by atoms with van der Waals surface area (Å²) in [5, 5.41) is 3.16. The molecule has 0 saturated carbocycles. The lowest BCUT2D eigenvalue weighted by Crippen LogP contribution is -2.43. The molecule has 3 rings (SSSR count). The van der Waals surface area contributed by atoms with E-state index >= 15 is 0 Å². The van der Waals surface area contributed by atoms with Crippen LogP contribution >= 0.6 is 35.0 Å². The van der Waals surface area contributed by atoms with Crippen molar-refractivity contribution in [3.63, 3.8) is 0 Å². The Kier molecular flexibility index (Phi) is 24.4. The van der Waals surface area contributed by atoms with Gasteiger partial charge in [-0.15, -0.1) is 12.4 Å². The molecule has 0 radical (unpaired) electrons. The number of ether oxygens (including phenoxy) is 2. The highest BCUT2D eigenvalue weighted by molar-refractivity contribution is 14.1. The molecule has 250 valence electrons.